The highest BCUT2D eigenvalue weighted by Crippen LogP contribution is 2.41. The van der Waals surface area contributed by atoms with E-state index in [0.29, 0.717) is 5.76 Å². The van der Waals surface area contributed by atoms with E-state index in [0.717, 1.165) is 32.1 Å². The van der Waals surface area contributed by atoms with E-state index in [2.05, 4.69) is 0 Å². The maximum Gasteiger partial charge on any atom is 0.303 e. The molecule has 1 atom stereocenters. The van der Waals surface area contributed by atoms with Crippen molar-refractivity contribution in [2.45, 2.75) is 51.0 Å². The minimum atomic E-state index is -0.336. The van der Waals surface area contributed by atoms with Crippen LogP contribution in [0, 0.1) is 5.92 Å². The van der Waals surface area contributed by atoms with Crippen LogP contribution in [0.4, 0.5) is 0 Å². The maximum absolute atomic E-state index is 11.3. The molecule has 2 rings (SSSR count). The van der Waals surface area contributed by atoms with Crippen LogP contribution in [0.2, 0.25) is 0 Å². The first-order chi connectivity index (χ1) is 8.12. The lowest BCUT2D eigenvalue weighted by atomic mass is 9.73. The molecule has 0 heterocycles. The Morgan fingerprint density at radius 3 is 2.65 bits per heavy atom. The van der Waals surface area contributed by atoms with Gasteiger partial charge in [-0.1, -0.05) is 12.5 Å². The maximum atomic E-state index is 11.3. The third-order valence-corrected chi connectivity index (χ3v) is 3.80. The molecule has 0 aromatic rings. The molecule has 1 unspecified atom stereocenters. The number of hydrogen-bond acceptors (Lipinski definition) is 3. The number of rotatable bonds is 2. The van der Waals surface area contributed by atoms with Gasteiger partial charge in [0.25, 0.3) is 0 Å². The van der Waals surface area contributed by atoms with Crippen molar-refractivity contribution in [2.24, 2.45) is 5.92 Å². The minimum Gasteiger partial charge on any atom is -0.508 e. The quantitative estimate of drug-likeness (QED) is 0.748. The summed E-state index contributed by atoms with van der Waals surface area (Å²) in [5.41, 5.74) is -0.336. The predicted molar refractivity (Wildman–Crippen MR) is 65.5 cm³/mol. The fourth-order valence-corrected chi connectivity index (χ4v) is 2.98. The van der Waals surface area contributed by atoms with Crippen LogP contribution in [0.15, 0.2) is 24.0 Å². The lowest BCUT2D eigenvalue weighted by molar-refractivity contribution is -0.166. The molecule has 0 amide bonds. The van der Waals surface area contributed by atoms with E-state index >= 15 is 0 Å². The summed E-state index contributed by atoms with van der Waals surface area (Å²) in [6.07, 6.45) is 11.6. The number of ether oxygens (including phenoxy) is 1. The van der Waals surface area contributed by atoms with E-state index in [1.54, 1.807) is 6.08 Å². The molecule has 0 aliphatic heterocycles. The Kier molecular flexibility index (Phi) is 3.55. The Morgan fingerprint density at radius 1 is 1.41 bits per heavy atom. The van der Waals surface area contributed by atoms with Crippen LogP contribution in [0.3, 0.4) is 0 Å². The van der Waals surface area contributed by atoms with E-state index in [-0.39, 0.29) is 17.5 Å². The van der Waals surface area contributed by atoms with Gasteiger partial charge in [-0.15, -0.1) is 0 Å². The zero-order valence-electron chi connectivity index (χ0n) is 10.3. The normalized spacial score (nSPS) is 27.4. The van der Waals surface area contributed by atoms with Crippen molar-refractivity contribution in [1.29, 1.82) is 0 Å². The van der Waals surface area contributed by atoms with Gasteiger partial charge in [-0.2, -0.15) is 0 Å². The summed E-state index contributed by atoms with van der Waals surface area (Å²) in [4.78, 5) is 11.3. The van der Waals surface area contributed by atoms with Crippen molar-refractivity contribution in [1.82, 2.24) is 0 Å². The summed E-state index contributed by atoms with van der Waals surface area (Å²) in [6, 6.07) is 0. The van der Waals surface area contributed by atoms with Gasteiger partial charge in [0.1, 0.15) is 11.4 Å². The molecular weight excluding hydrogens is 216 g/mol. The average molecular weight is 236 g/mol. The summed E-state index contributed by atoms with van der Waals surface area (Å²) in [5.74, 6) is 0.330. The molecule has 0 saturated heterocycles. The number of hydrogen-bond donors (Lipinski definition) is 1. The molecule has 0 aromatic heterocycles. The Hall–Kier alpha value is -1.25. The van der Waals surface area contributed by atoms with E-state index in [1.165, 1.54) is 13.3 Å². The third-order valence-electron chi connectivity index (χ3n) is 3.80. The largest absolute Gasteiger partial charge is 0.508 e. The van der Waals surface area contributed by atoms with Gasteiger partial charge in [0, 0.05) is 12.8 Å². The van der Waals surface area contributed by atoms with Crippen molar-refractivity contribution in [3.05, 3.63) is 24.0 Å². The second-order valence-corrected chi connectivity index (χ2v) is 5.05. The van der Waals surface area contributed by atoms with Gasteiger partial charge in [0.05, 0.1) is 0 Å². The Bertz CT molecular complexity index is 348. The SMILES string of the molecule is CC(=O)OC1(C2C=CC(O)=CC2)CCCCC1. The highest BCUT2D eigenvalue weighted by molar-refractivity contribution is 5.66. The summed E-state index contributed by atoms with van der Waals surface area (Å²) < 4.78 is 5.65. The highest BCUT2D eigenvalue weighted by atomic mass is 16.6. The first-order valence-electron chi connectivity index (χ1n) is 6.39. The van der Waals surface area contributed by atoms with Crippen LogP contribution in [-0.4, -0.2) is 16.7 Å². The van der Waals surface area contributed by atoms with Crippen molar-refractivity contribution in [2.75, 3.05) is 0 Å². The topological polar surface area (TPSA) is 46.5 Å². The zero-order valence-corrected chi connectivity index (χ0v) is 10.3. The third kappa shape index (κ3) is 2.71. The molecule has 2 aliphatic rings. The first kappa shape index (κ1) is 12.2. The average Bonchev–Trinajstić information content (AvgIpc) is 2.30. The highest BCUT2D eigenvalue weighted by Gasteiger charge is 2.41. The van der Waals surface area contributed by atoms with Crippen LogP contribution in [-0.2, 0) is 9.53 Å². The van der Waals surface area contributed by atoms with Gasteiger partial charge in [-0.3, -0.25) is 4.79 Å². The predicted octanol–water partition coefficient (Wildman–Crippen LogP) is 3.27. The smallest absolute Gasteiger partial charge is 0.303 e. The number of allylic oxidation sites excluding steroid dienone is 2. The molecule has 0 spiro atoms. The minimum absolute atomic E-state index is 0.195. The van der Waals surface area contributed by atoms with Gasteiger partial charge in [0.15, 0.2) is 0 Å². The second-order valence-electron chi connectivity index (χ2n) is 5.05. The second kappa shape index (κ2) is 4.94. The molecule has 0 aromatic carbocycles. The van der Waals surface area contributed by atoms with E-state index in [9.17, 15) is 9.90 Å². The van der Waals surface area contributed by atoms with E-state index in [1.807, 2.05) is 12.2 Å². The molecule has 1 fully saturated rings. The van der Waals surface area contributed by atoms with Gasteiger partial charge < -0.3 is 9.84 Å². The van der Waals surface area contributed by atoms with Crippen LogP contribution in [0.5, 0.6) is 0 Å². The van der Waals surface area contributed by atoms with Crippen molar-refractivity contribution in [3.63, 3.8) is 0 Å². The van der Waals surface area contributed by atoms with E-state index < -0.39 is 0 Å². The molecule has 17 heavy (non-hydrogen) atoms. The van der Waals surface area contributed by atoms with Crippen LogP contribution >= 0.6 is 0 Å². The standard InChI is InChI=1S/C14H20O3/c1-11(15)17-14(9-3-2-4-10-14)12-5-7-13(16)8-6-12/h5,7-8,12,16H,2-4,6,9-10H2,1H3. The van der Waals surface area contributed by atoms with E-state index in [4.69, 9.17) is 4.74 Å². The number of esters is 1. The number of carbonyl (C=O) groups excluding carboxylic acids is 1. The van der Waals surface area contributed by atoms with Crippen molar-refractivity contribution >= 4 is 5.97 Å². The van der Waals surface area contributed by atoms with Crippen molar-refractivity contribution < 1.29 is 14.6 Å². The first-order valence-corrected chi connectivity index (χ1v) is 6.39. The molecule has 1 N–H and O–H groups in total. The Balaban J connectivity index is 2.15. The molecule has 3 nitrogen and oxygen atoms in total. The number of carbonyl (C=O) groups is 1. The van der Waals surface area contributed by atoms with Crippen LogP contribution in [0.25, 0.3) is 0 Å². The molecule has 1 saturated carbocycles. The van der Waals surface area contributed by atoms with Gasteiger partial charge >= 0.3 is 5.97 Å². The Morgan fingerprint density at radius 2 is 2.12 bits per heavy atom. The molecule has 3 heteroatoms. The summed E-state index contributed by atoms with van der Waals surface area (Å²) >= 11 is 0. The van der Waals surface area contributed by atoms with Crippen molar-refractivity contribution in [3.8, 4) is 0 Å². The summed E-state index contributed by atoms with van der Waals surface area (Å²) in [5, 5.41) is 9.36. The molecule has 2 aliphatic carbocycles. The fourth-order valence-electron chi connectivity index (χ4n) is 2.98. The zero-order chi connectivity index (χ0) is 12.3. The Labute approximate surface area is 102 Å². The van der Waals surface area contributed by atoms with Crippen LogP contribution < -0.4 is 0 Å². The lowest BCUT2D eigenvalue weighted by Crippen LogP contribution is -2.43. The number of aliphatic hydroxyl groups is 1. The lowest BCUT2D eigenvalue weighted by Gasteiger charge is -2.42. The molecule has 0 radical (unpaired) electrons. The molecule has 94 valence electrons. The van der Waals surface area contributed by atoms with Crippen LogP contribution in [0.1, 0.15) is 45.4 Å². The fraction of sp³-hybridized carbons (Fsp3) is 0.643. The monoisotopic (exact) mass is 236 g/mol. The summed E-state index contributed by atoms with van der Waals surface area (Å²) in [7, 11) is 0. The summed E-state index contributed by atoms with van der Waals surface area (Å²) in [6.45, 7) is 1.48. The van der Waals surface area contributed by atoms with Gasteiger partial charge in [0.2, 0.25) is 0 Å². The number of aliphatic hydroxyl groups excluding tert-OH is 1. The van der Waals surface area contributed by atoms with Gasteiger partial charge in [-0.25, -0.2) is 0 Å². The van der Waals surface area contributed by atoms with Gasteiger partial charge in [-0.05, 0) is 44.3 Å². The molecular formula is C14H20O3. The molecule has 0 bridgehead atoms.